The molecule has 0 aliphatic rings. The van der Waals surface area contributed by atoms with Crippen LogP contribution in [0, 0.1) is 6.92 Å². The molecule has 1 unspecified atom stereocenters. The molecule has 1 amide bonds. The maximum atomic E-state index is 12.3. The van der Waals surface area contributed by atoms with Crippen molar-refractivity contribution < 1.29 is 14.3 Å². The average molecular weight is 268 g/mol. The molecule has 0 aliphatic heterocycles. The summed E-state index contributed by atoms with van der Waals surface area (Å²) in [6, 6.07) is 0. The summed E-state index contributed by atoms with van der Waals surface area (Å²) in [4.78, 5) is 18.2. The molecule has 1 aromatic heterocycles. The minimum Gasteiger partial charge on any atom is -0.445 e. The first kappa shape index (κ1) is 15.7. The van der Waals surface area contributed by atoms with Crippen LogP contribution in [0.3, 0.4) is 0 Å². The zero-order valence-electron chi connectivity index (χ0n) is 12.3. The van der Waals surface area contributed by atoms with E-state index in [1.54, 1.807) is 11.8 Å². The number of carbonyl (C=O) groups excluding carboxylic acids is 1. The first-order valence-electron chi connectivity index (χ1n) is 6.97. The summed E-state index contributed by atoms with van der Waals surface area (Å²) in [6.07, 6.45) is 1.45. The summed E-state index contributed by atoms with van der Waals surface area (Å²) in [5.74, 6) is 0.838. The molecule has 0 aromatic carbocycles. The number of rotatable bonds is 7. The monoisotopic (exact) mass is 268 g/mol. The summed E-state index contributed by atoms with van der Waals surface area (Å²) in [6.45, 7) is 8.86. The molecule has 0 fully saturated rings. The highest BCUT2D eigenvalue weighted by Gasteiger charge is 2.23. The van der Waals surface area contributed by atoms with Gasteiger partial charge in [0.25, 0.3) is 5.91 Å². The fraction of sp³-hybridized carbons (Fsp3) is 0.714. The standard InChI is InChI=1S/C14H24N2O3/c1-5-8-11(17)9-12-13(15-10(4)19-12)14(18)16(6-2)7-3/h11,17H,5-9H2,1-4H3. The number of oxazole rings is 1. The second kappa shape index (κ2) is 7.28. The second-order valence-corrected chi connectivity index (χ2v) is 4.63. The van der Waals surface area contributed by atoms with Gasteiger partial charge in [0.05, 0.1) is 6.10 Å². The van der Waals surface area contributed by atoms with Gasteiger partial charge in [-0.25, -0.2) is 4.98 Å². The number of amides is 1. The van der Waals surface area contributed by atoms with Gasteiger partial charge in [0.1, 0.15) is 5.76 Å². The van der Waals surface area contributed by atoms with E-state index in [0.717, 1.165) is 6.42 Å². The van der Waals surface area contributed by atoms with E-state index in [4.69, 9.17) is 4.42 Å². The van der Waals surface area contributed by atoms with E-state index in [-0.39, 0.29) is 5.91 Å². The molecule has 1 heterocycles. The van der Waals surface area contributed by atoms with Gasteiger partial charge in [-0.2, -0.15) is 0 Å². The molecular formula is C14H24N2O3. The fourth-order valence-corrected chi connectivity index (χ4v) is 2.08. The molecule has 5 heteroatoms. The summed E-state index contributed by atoms with van der Waals surface area (Å²) in [5, 5.41) is 9.86. The molecule has 108 valence electrons. The van der Waals surface area contributed by atoms with Gasteiger partial charge in [-0.05, 0) is 20.3 Å². The smallest absolute Gasteiger partial charge is 0.276 e. The fourth-order valence-electron chi connectivity index (χ4n) is 2.08. The molecule has 1 N–H and O–H groups in total. The zero-order chi connectivity index (χ0) is 14.4. The summed E-state index contributed by atoms with van der Waals surface area (Å²) < 4.78 is 5.47. The van der Waals surface area contributed by atoms with Gasteiger partial charge < -0.3 is 14.4 Å². The highest BCUT2D eigenvalue weighted by atomic mass is 16.4. The minimum atomic E-state index is -0.486. The number of carbonyl (C=O) groups is 1. The van der Waals surface area contributed by atoms with Gasteiger partial charge in [-0.3, -0.25) is 4.79 Å². The Morgan fingerprint density at radius 3 is 2.53 bits per heavy atom. The number of hydrogen-bond donors (Lipinski definition) is 1. The topological polar surface area (TPSA) is 66.6 Å². The van der Waals surface area contributed by atoms with Crippen LogP contribution in [0.2, 0.25) is 0 Å². The number of hydrogen-bond acceptors (Lipinski definition) is 4. The van der Waals surface area contributed by atoms with E-state index < -0.39 is 6.10 Å². The molecular weight excluding hydrogens is 244 g/mol. The van der Waals surface area contributed by atoms with Crippen LogP contribution in [0.4, 0.5) is 0 Å². The van der Waals surface area contributed by atoms with Crippen molar-refractivity contribution in [2.45, 2.75) is 53.1 Å². The van der Waals surface area contributed by atoms with Crippen LogP contribution in [0.5, 0.6) is 0 Å². The predicted octanol–water partition coefficient (Wildman–Crippen LogP) is 2.17. The van der Waals surface area contributed by atoms with E-state index in [1.807, 2.05) is 20.8 Å². The van der Waals surface area contributed by atoms with Crippen LogP contribution in [-0.4, -0.2) is 40.1 Å². The van der Waals surface area contributed by atoms with Crippen LogP contribution >= 0.6 is 0 Å². The lowest BCUT2D eigenvalue weighted by molar-refractivity contribution is 0.0763. The van der Waals surface area contributed by atoms with E-state index in [0.29, 0.717) is 43.3 Å². The summed E-state index contributed by atoms with van der Waals surface area (Å²) in [7, 11) is 0. The number of nitrogens with zero attached hydrogens (tertiary/aromatic N) is 2. The largest absolute Gasteiger partial charge is 0.445 e. The Hall–Kier alpha value is -1.36. The van der Waals surface area contributed by atoms with E-state index in [1.165, 1.54) is 0 Å². The minimum absolute atomic E-state index is 0.124. The van der Waals surface area contributed by atoms with Crippen molar-refractivity contribution in [1.29, 1.82) is 0 Å². The van der Waals surface area contributed by atoms with Gasteiger partial charge in [-0.15, -0.1) is 0 Å². The van der Waals surface area contributed by atoms with Crippen molar-refractivity contribution in [3.63, 3.8) is 0 Å². The summed E-state index contributed by atoms with van der Waals surface area (Å²) >= 11 is 0. The highest BCUT2D eigenvalue weighted by molar-refractivity contribution is 5.93. The molecule has 5 nitrogen and oxygen atoms in total. The van der Waals surface area contributed by atoms with Gasteiger partial charge in [0, 0.05) is 26.4 Å². The van der Waals surface area contributed by atoms with Crippen LogP contribution in [0.25, 0.3) is 0 Å². The van der Waals surface area contributed by atoms with Crippen molar-refractivity contribution >= 4 is 5.91 Å². The third kappa shape index (κ3) is 4.06. The Morgan fingerprint density at radius 2 is 2.00 bits per heavy atom. The van der Waals surface area contributed by atoms with Crippen molar-refractivity contribution in [3.8, 4) is 0 Å². The Morgan fingerprint density at radius 1 is 1.37 bits per heavy atom. The van der Waals surface area contributed by atoms with Crippen LogP contribution < -0.4 is 0 Å². The van der Waals surface area contributed by atoms with Crippen molar-refractivity contribution in [2.24, 2.45) is 0 Å². The lowest BCUT2D eigenvalue weighted by atomic mass is 10.1. The number of aromatic nitrogens is 1. The first-order valence-corrected chi connectivity index (χ1v) is 6.97. The molecule has 0 aliphatic carbocycles. The SMILES string of the molecule is CCCC(O)Cc1oc(C)nc1C(=O)N(CC)CC. The molecule has 0 saturated heterocycles. The maximum Gasteiger partial charge on any atom is 0.276 e. The first-order chi connectivity index (χ1) is 9.03. The number of aliphatic hydroxyl groups is 1. The Bertz CT molecular complexity index is 411. The van der Waals surface area contributed by atoms with Gasteiger partial charge in [0.2, 0.25) is 0 Å². The quantitative estimate of drug-likeness (QED) is 0.823. The summed E-state index contributed by atoms with van der Waals surface area (Å²) in [5.41, 5.74) is 0.344. The van der Waals surface area contributed by atoms with Crippen LogP contribution in [-0.2, 0) is 6.42 Å². The normalized spacial score (nSPS) is 12.5. The molecule has 0 radical (unpaired) electrons. The Kier molecular flexibility index (Phi) is 6.02. The Balaban J connectivity index is 2.91. The van der Waals surface area contributed by atoms with Gasteiger partial charge >= 0.3 is 0 Å². The highest BCUT2D eigenvalue weighted by Crippen LogP contribution is 2.17. The van der Waals surface area contributed by atoms with Gasteiger partial charge in [-0.1, -0.05) is 13.3 Å². The number of aryl methyl sites for hydroxylation is 1. The van der Waals surface area contributed by atoms with E-state index in [2.05, 4.69) is 4.98 Å². The maximum absolute atomic E-state index is 12.3. The molecule has 0 spiro atoms. The van der Waals surface area contributed by atoms with Crippen molar-refractivity contribution in [3.05, 3.63) is 17.3 Å². The van der Waals surface area contributed by atoms with Crippen molar-refractivity contribution in [2.75, 3.05) is 13.1 Å². The van der Waals surface area contributed by atoms with Crippen LogP contribution in [0.15, 0.2) is 4.42 Å². The molecule has 0 bridgehead atoms. The van der Waals surface area contributed by atoms with Gasteiger partial charge in [0.15, 0.2) is 11.6 Å². The van der Waals surface area contributed by atoms with Crippen molar-refractivity contribution in [1.82, 2.24) is 9.88 Å². The molecule has 1 atom stereocenters. The van der Waals surface area contributed by atoms with E-state index in [9.17, 15) is 9.90 Å². The molecule has 0 saturated carbocycles. The Labute approximate surface area is 114 Å². The average Bonchev–Trinajstić information content (AvgIpc) is 2.71. The predicted molar refractivity (Wildman–Crippen MR) is 73.1 cm³/mol. The molecule has 1 rings (SSSR count). The number of aliphatic hydroxyl groups excluding tert-OH is 1. The molecule has 1 aromatic rings. The third-order valence-corrected chi connectivity index (χ3v) is 3.10. The molecule has 19 heavy (non-hydrogen) atoms. The lowest BCUT2D eigenvalue weighted by Crippen LogP contribution is -2.31. The second-order valence-electron chi connectivity index (χ2n) is 4.63. The van der Waals surface area contributed by atoms with E-state index >= 15 is 0 Å². The lowest BCUT2D eigenvalue weighted by Gasteiger charge is -2.17. The zero-order valence-corrected chi connectivity index (χ0v) is 12.3. The third-order valence-electron chi connectivity index (χ3n) is 3.10. The van der Waals surface area contributed by atoms with Crippen LogP contribution in [0.1, 0.15) is 55.8 Å².